The number of nitrogens with zero attached hydrogens (tertiary/aromatic N) is 3. The minimum absolute atomic E-state index is 0.219. The van der Waals surface area contributed by atoms with Crippen molar-refractivity contribution in [1.82, 2.24) is 14.5 Å². The van der Waals surface area contributed by atoms with Gasteiger partial charge in [-0.15, -0.1) is 0 Å². The summed E-state index contributed by atoms with van der Waals surface area (Å²) in [6.07, 6.45) is 5.31. The van der Waals surface area contributed by atoms with Crippen LogP contribution in [0, 0.1) is 0 Å². The number of hydrogen-bond acceptors (Lipinski definition) is 4. The molecule has 5 nitrogen and oxygen atoms in total. The van der Waals surface area contributed by atoms with Crippen molar-refractivity contribution in [3.05, 3.63) is 18.3 Å². The first-order chi connectivity index (χ1) is 8.31. The number of pyridine rings is 1. The lowest BCUT2D eigenvalue weighted by Gasteiger charge is -2.20. The number of rotatable bonds is 2. The molecule has 2 atom stereocenters. The van der Waals surface area contributed by atoms with Crippen LogP contribution in [0.1, 0.15) is 25.3 Å². The van der Waals surface area contributed by atoms with E-state index in [-0.39, 0.29) is 12.1 Å². The number of aromatic nitrogens is 3. The Morgan fingerprint density at radius 1 is 1.47 bits per heavy atom. The highest BCUT2D eigenvalue weighted by molar-refractivity contribution is 5.74. The Balaban J connectivity index is 2.13. The summed E-state index contributed by atoms with van der Waals surface area (Å²) in [6, 6.07) is 4.08. The average molecular weight is 232 g/mol. The van der Waals surface area contributed by atoms with Crippen molar-refractivity contribution < 1.29 is 4.74 Å². The van der Waals surface area contributed by atoms with Gasteiger partial charge in [-0.3, -0.25) is 4.57 Å². The Morgan fingerprint density at radius 3 is 3.18 bits per heavy atom. The first-order valence-electron chi connectivity index (χ1n) is 5.92. The average Bonchev–Trinajstić information content (AvgIpc) is 2.90. The van der Waals surface area contributed by atoms with Crippen molar-refractivity contribution in [3.63, 3.8) is 0 Å². The Kier molecular flexibility index (Phi) is 2.48. The summed E-state index contributed by atoms with van der Waals surface area (Å²) in [5.74, 6) is 0.535. The molecule has 0 aliphatic heterocycles. The van der Waals surface area contributed by atoms with Gasteiger partial charge < -0.3 is 10.5 Å². The standard InChI is InChI=1S/C12H16N4O/c1-17-10-6-2-5-9(10)16-11-8(15-12(16)13)4-3-7-14-11/h3-4,7,9-10H,2,5-6H2,1H3,(H2,13,15). The number of ether oxygens (including phenoxy) is 1. The largest absolute Gasteiger partial charge is 0.379 e. The zero-order valence-electron chi connectivity index (χ0n) is 9.84. The van der Waals surface area contributed by atoms with Crippen LogP contribution in [0.2, 0.25) is 0 Å². The molecule has 90 valence electrons. The van der Waals surface area contributed by atoms with Gasteiger partial charge in [0, 0.05) is 13.3 Å². The third-order valence-electron chi connectivity index (χ3n) is 3.53. The van der Waals surface area contributed by atoms with E-state index in [9.17, 15) is 0 Å². The van der Waals surface area contributed by atoms with Crippen LogP contribution in [0.3, 0.4) is 0 Å². The van der Waals surface area contributed by atoms with Gasteiger partial charge in [-0.05, 0) is 31.4 Å². The number of methoxy groups -OCH3 is 1. The Morgan fingerprint density at radius 2 is 2.35 bits per heavy atom. The third-order valence-corrected chi connectivity index (χ3v) is 3.53. The number of fused-ring (bicyclic) bond motifs is 1. The summed E-state index contributed by atoms with van der Waals surface area (Å²) in [6.45, 7) is 0. The first kappa shape index (κ1) is 10.5. The third kappa shape index (κ3) is 1.58. The highest BCUT2D eigenvalue weighted by Gasteiger charge is 2.31. The van der Waals surface area contributed by atoms with Gasteiger partial charge in [0.15, 0.2) is 5.65 Å². The van der Waals surface area contributed by atoms with E-state index >= 15 is 0 Å². The van der Waals surface area contributed by atoms with E-state index in [0.717, 1.165) is 30.4 Å². The number of anilines is 1. The second-order valence-corrected chi connectivity index (χ2v) is 4.46. The quantitative estimate of drug-likeness (QED) is 0.856. The molecule has 0 radical (unpaired) electrons. The smallest absolute Gasteiger partial charge is 0.202 e. The number of nitrogens with two attached hydrogens (primary N) is 1. The van der Waals surface area contributed by atoms with E-state index in [4.69, 9.17) is 10.5 Å². The van der Waals surface area contributed by atoms with E-state index in [2.05, 4.69) is 9.97 Å². The fraction of sp³-hybridized carbons (Fsp3) is 0.500. The monoisotopic (exact) mass is 232 g/mol. The number of nitrogen functional groups attached to an aromatic ring is 1. The molecule has 0 saturated heterocycles. The Labute approximate surface area is 99.6 Å². The maximum Gasteiger partial charge on any atom is 0.202 e. The summed E-state index contributed by atoms with van der Waals surface area (Å²) in [7, 11) is 1.76. The second kappa shape index (κ2) is 4.00. The van der Waals surface area contributed by atoms with Gasteiger partial charge in [-0.2, -0.15) is 0 Å². The predicted octanol–water partition coefficient (Wildman–Crippen LogP) is 1.75. The summed E-state index contributed by atoms with van der Waals surface area (Å²) in [4.78, 5) is 8.73. The molecule has 1 fully saturated rings. The van der Waals surface area contributed by atoms with Crippen LogP contribution in [0.25, 0.3) is 11.2 Å². The first-order valence-corrected chi connectivity index (χ1v) is 5.92. The van der Waals surface area contributed by atoms with Gasteiger partial charge in [0.2, 0.25) is 5.95 Å². The van der Waals surface area contributed by atoms with Crippen molar-refractivity contribution in [2.24, 2.45) is 0 Å². The molecule has 2 aromatic heterocycles. The summed E-state index contributed by atoms with van der Waals surface area (Å²) >= 11 is 0. The van der Waals surface area contributed by atoms with Crippen molar-refractivity contribution in [1.29, 1.82) is 0 Å². The summed E-state index contributed by atoms with van der Waals surface area (Å²) in [5.41, 5.74) is 7.72. The van der Waals surface area contributed by atoms with E-state index < -0.39 is 0 Å². The minimum Gasteiger partial charge on any atom is -0.379 e. The van der Waals surface area contributed by atoms with E-state index in [1.807, 2.05) is 16.7 Å². The van der Waals surface area contributed by atoms with Gasteiger partial charge in [0.25, 0.3) is 0 Å². The van der Waals surface area contributed by atoms with Crippen LogP contribution < -0.4 is 5.73 Å². The topological polar surface area (TPSA) is 66.0 Å². The van der Waals surface area contributed by atoms with Crippen LogP contribution in [0.15, 0.2) is 18.3 Å². The maximum atomic E-state index is 6.01. The molecule has 17 heavy (non-hydrogen) atoms. The maximum absolute atomic E-state index is 6.01. The molecule has 5 heteroatoms. The number of hydrogen-bond donors (Lipinski definition) is 1. The highest BCUT2D eigenvalue weighted by atomic mass is 16.5. The molecule has 0 spiro atoms. The van der Waals surface area contributed by atoms with Gasteiger partial charge in [0.05, 0.1) is 12.1 Å². The predicted molar refractivity (Wildman–Crippen MR) is 65.6 cm³/mol. The molecule has 2 unspecified atom stereocenters. The van der Waals surface area contributed by atoms with Crippen molar-refractivity contribution >= 4 is 17.1 Å². The SMILES string of the molecule is COC1CCCC1n1c(N)nc2cccnc21. The fourth-order valence-electron chi connectivity index (χ4n) is 2.75. The normalized spacial score (nSPS) is 24.5. The fourth-order valence-corrected chi connectivity index (χ4v) is 2.75. The van der Waals surface area contributed by atoms with Crippen molar-refractivity contribution in [2.45, 2.75) is 31.4 Å². The molecule has 1 aliphatic carbocycles. The van der Waals surface area contributed by atoms with E-state index in [0.29, 0.717) is 5.95 Å². The molecule has 0 amide bonds. The Hall–Kier alpha value is -1.62. The van der Waals surface area contributed by atoms with Gasteiger partial charge >= 0.3 is 0 Å². The minimum atomic E-state index is 0.219. The van der Waals surface area contributed by atoms with E-state index in [1.165, 1.54) is 0 Å². The lowest BCUT2D eigenvalue weighted by Crippen LogP contribution is -2.22. The second-order valence-electron chi connectivity index (χ2n) is 4.46. The number of imidazole rings is 1. The molecule has 2 heterocycles. The molecule has 2 N–H and O–H groups in total. The summed E-state index contributed by atoms with van der Waals surface area (Å²) < 4.78 is 7.54. The lowest BCUT2D eigenvalue weighted by atomic mass is 10.2. The van der Waals surface area contributed by atoms with Gasteiger partial charge in [0.1, 0.15) is 5.52 Å². The molecule has 3 rings (SSSR count). The van der Waals surface area contributed by atoms with Crippen molar-refractivity contribution in [2.75, 3.05) is 12.8 Å². The molecule has 1 saturated carbocycles. The Bertz CT molecular complexity index is 536. The lowest BCUT2D eigenvalue weighted by molar-refractivity contribution is 0.0767. The molecule has 0 bridgehead atoms. The molecule has 1 aliphatic rings. The van der Waals surface area contributed by atoms with Crippen LogP contribution in [-0.4, -0.2) is 27.7 Å². The zero-order chi connectivity index (χ0) is 11.8. The van der Waals surface area contributed by atoms with Crippen LogP contribution in [-0.2, 0) is 4.74 Å². The van der Waals surface area contributed by atoms with Crippen LogP contribution in [0.4, 0.5) is 5.95 Å². The molecular weight excluding hydrogens is 216 g/mol. The molecular formula is C12H16N4O. The summed E-state index contributed by atoms with van der Waals surface area (Å²) in [5, 5.41) is 0. The highest BCUT2D eigenvalue weighted by Crippen LogP contribution is 2.35. The molecule has 2 aromatic rings. The van der Waals surface area contributed by atoms with Crippen LogP contribution in [0.5, 0.6) is 0 Å². The van der Waals surface area contributed by atoms with Crippen LogP contribution >= 0.6 is 0 Å². The van der Waals surface area contributed by atoms with Crippen molar-refractivity contribution in [3.8, 4) is 0 Å². The van der Waals surface area contributed by atoms with Gasteiger partial charge in [-0.1, -0.05) is 0 Å². The van der Waals surface area contributed by atoms with E-state index in [1.54, 1.807) is 13.3 Å². The van der Waals surface area contributed by atoms with Gasteiger partial charge in [-0.25, -0.2) is 9.97 Å². The molecule has 0 aromatic carbocycles. The zero-order valence-corrected chi connectivity index (χ0v) is 9.84.